The molecule has 0 radical (unpaired) electrons. The second-order valence-corrected chi connectivity index (χ2v) is 6.16. The van der Waals surface area contributed by atoms with Crippen LogP contribution >= 0.6 is 0 Å². The summed E-state index contributed by atoms with van der Waals surface area (Å²) in [6.07, 6.45) is 7.81. The zero-order valence-electron chi connectivity index (χ0n) is 14.5. The van der Waals surface area contributed by atoms with Crippen LogP contribution in [0.2, 0.25) is 0 Å². The lowest BCUT2D eigenvalue weighted by Crippen LogP contribution is -2.05. The van der Waals surface area contributed by atoms with Crippen LogP contribution < -0.4 is 9.47 Å². The maximum Gasteiger partial charge on any atom is 0.200 e. The predicted octanol–water partition coefficient (Wildman–Crippen LogP) is 4.18. The molecule has 0 bridgehead atoms. The Bertz CT molecular complexity index is 796. The molecule has 0 saturated heterocycles. The van der Waals surface area contributed by atoms with Crippen LogP contribution in [0, 0.1) is 0 Å². The first-order valence-corrected chi connectivity index (χ1v) is 8.41. The van der Waals surface area contributed by atoms with Gasteiger partial charge in [-0.3, -0.25) is 4.79 Å². The molecule has 130 valence electrons. The molecule has 25 heavy (non-hydrogen) atoms. The summed E-state index contributed by atoms with van der Waals surface area (Å²) < 4.78 is 10.3. The first-order chi connectivity index (χ1) is 12.1. The van der Waals surface area contributed by atoms with Crippen molar-refractivity contribution in [1.82, 2.24) is 0 Å². The Hall–Kier alpha value is -2.75. The number of carbonyl (C=O) groups is 1. The average molecular weight is 338 g/mol. The summed E-state index contributed by atoms with van der Waals surface area (Å²) in [7, 11) is 2.94. The Balaban J connectivity index is 1.83. The Morgan fingerprint density at radius 3 is 2.28 bits per heavy atom. The molecule has 0 fully saturated rings. The molecule has 4 nitrogen and oxygen atoms in total. The monoisotopic (exact) mass is 338 g/mol. The molecule has 0 aliphatic heterocycles. The largest absolute Gasteiger partial charge is 0.502 e. The molecule has 4 heteroatoms. The predicted molar refractivity (Wildman–Crippen MR) is 97.7 cm³/mol. The molecule has 0 amide bonds. The highest BCUT2D eigenvalue weighted by atomic mass is 16.5. The zero-order chi connectivity index (χ0) is 17.8. The molecule has 1 aliphatic rings. The van der Waals surface area contributed by atoms with E-state index in [0.717, 1.165) is 18.4 Å². The SMILES string of the molecule is COc1cc(/C=C/C(=O)c2ccc3c(c2)CCCC3)cc(OC)c1O. The third kappa shape index (κ3) is 3.68. The second-order valence-electron chi connectivity index (χ2n) is 6.16. The van der Waals surface area contributed by atoms with E-state index in [4.69, 9.17) is 9.47 Å². The summed E-state index contributed by atoms with van der Waals surface area (Å²) >= 11 is 0. The van der Waals surface area contributed by atoms with Gasteiger partial charge in [-0.05, 0) is 66.6 Å². The normalized spacial score (nSPS) is 13.5. The molecule has 0 spiro atoms. The third-order valence-electron chi connectivity index (χ3n) is 4.56. The maximum atomic E-state index is 12.5. The molecule has 1 aliphatic carbocycles. The lowest BCUT2D eigenvalue weighted by molar-refractivity contribution is 0.104. The molecule has 2 aromatic rings. The highest BCUT2D eigenvalue weighted by molar-refractivity contribution is 6.07. The van der Waals surface area contributed by atoms with E-state index in [9.17, 15) is 9.90 Å². The Labute approximate surface area is 147 Å². The fourth-order valence-electron chi connectivity index (χ4n) is 3.16. The van der Waals surface area contributed by atoms with E-state index in [2.05, 4.69) is 6.07 Å². The molecule has 0 atom stereocenters. The number of allylic oxidation sites excluding steroid dienone is 1. The highest BCUT2D eigenvalue weighted by Crippen LogP contribution is 2.37. The van der Waals surface area contributed by atoms with Crippen LogP contribution in [0.3, 0.4) is 0 Å². The van der Waals surface area contributed by atoms with Crippen molar-refractivity contribution in [1.29, 1.82) is 0 Å². The number of aryl methyl sites for hydroxylation is 2. The van der Waals surface area contributed by atoms with Gasteiger partial charge in [-0.1, -0.05) is 18.2 Å². The van der Waals surface area contributed by atoms with E-state index >= 15 is 0 Å². The van der Waals surface area contributed by atoms with Crippen LogP contribution in [0.5, 0.6) is 17.2 Å². The average Bonchev–Trinajstić information content (AvgIpc) is 2.66. The zero-order valence-corrected chi connectivity index (χ0v) is 14.5. The lowest BCUT2D eigenvalue weighted by atomic mass is 9.90. The van der Waals surface area contributed by atoms with E-state index in [1.54, 1.807) is 18.2 Å². The molecule has 2 aromatic carbocycles. The number of rotatable bonds is 5. The van der Waals surface area contributed by atoms with Gasteiger partial charge < -0.3 is 14.6 Å². The van der Waals surface area contributed by atoms with Gasteiger partial charge in [0.2, 0.25) is 5.75 Å². The Kier molecular flexibility index (Phi) is 5.08. The Morgan fingerprint density at radius 2 is 1.64 bits per heavy atom. The van der Waals surface area contributed by atoms with Gasteiger partial charge in [-0.2, -0.15) is 0 Å². The van der Waals surface area contributed by atoms with Gasteiger partial charge in [0.1, 0.15) is 0 Å². The van der Waals surface area contributed by atoms with E-state index in [1.165, 1.54) is 44.3 Å². The lowest BCUT2D eigenvalue weighted by Gasteiger charge is -2.15. The van der Waals surface area contributed by atoms with Crippen LogP contribution in [-0.2, 0) is 12.8 Å². The van der Waals surface area contributed by atoms with E-state index in [0.29, 0.717) is 17.1 Å². The molecular formula is C21H22O4. The van der Waals surface area contributed by atoms with Gasteiger partial charge >= 0.3 is 0 Å². The first-order valence-electron chi connectivity index (χ1n) is 8.41. The van der Waals surface area contributed by atoms with Gasteiger partial charge in [0, 0.05) is 5.56 Å². The van der Waals surface area contributed by atoms with Gasteiger partial charge in [-0.25, -0.2) is 0 Å². The summed E-state index contributed by atoms with van der Waals surface area (Å²) in [5.74, 6) is 0.517. The van der Waals surface area contributed by atoms with Crippen LogP contribution in [0.4, 0.5) is 0 Å². The van der Waals surface area contributed by atoms with Gasteiger partial charge in [0.15, 0.2) is 17.3 Å². The van der Waals surface area contributed by atoms with Crippen molar-refractivity contribution in [3.8, 4) is 17.2 Å². The van der Waals surface area contributed by atoms with Crippen molar-refractivity contribution in [2.45, 2.75) is 25.7 Å². The summed E-state index contributed by atoms with van der Waals surface area (Å²) in [5, 5.41) is 9.94. The molecule has 1 N–H and O–H groups in total. The number of ether oxygens (including phenoxy) is 2. The van der Waals surface area contributed by atoms with Crippen molar-refractivity contribution < 1.29 is 19.4 Å². The van der Waals surface area contributed by atoms with Gasteiger partial charge in [0.25, 0.3) is 0 Å². The summed E-state index contributed by atoms with van der Waals surface area (Å²) in [4.78, 5) is 12.5. The van der Waals surface area contributed by atoms with Crippen molar-refractivity contribution in [3.05, 3.63) is 58.7 Å². The van der Waals surface area contributed by atoms with Gasteiger partial charge in [-0.15, -0.1) is 0 Å². The van der Waals surface area contributed by atoms with Gasteiger partial charge in [0.05, 0.1) is 14.2 Å². The van der Waals surface area contributed by atoms with Crippen LogP contribution in [0.15, 0.2) is 36.4 Å². The summed E-state index contributed by atoms with van der Waals surface area (Å²) in [5.41, 5.74) is 4.07. The molecule has 0 heterocycles. The summed E-state index contributed by atoms with van der Waals surface area (Å²) in [6, 6.07) is 9.30. The third-order valence-corrected chi connectivity index (χ3v) is 4.56. The van der Waals surface area contributed by atoms with Crippen molar-refractivity contribution >= 4 is 11.9 Å². The molecule has 0 unspecified atom stereocenters. The minimum Gasteiger partial charge on any atom is -0.502 e. The van der Waals surface area contributed by atoms with Crippen molar-refractivity contribution in [3.63, 3.8) is 0 Å². The number of phenols is 1. The molecule has 0 saturated carbocycles. The van der Waals surface area contributed by atoms with Crippen LogP contribution in [-0.4, -0.2) is 25.1 Å². The first kappa shape index (κ1) is 17.1. The number of phenolic OH excluding ortho intramolecular Hbond substituents is 1. The standard InChI is InChI=1S/C21H22O4/c1-24-19-11-14(12-20(25-2)21(19)23)7-10-18(22)17-9-8-15-5-3-4-6-16(15)13-17/h7-13,23H,3-6H2,1-2H3/b10-7+. The number of aromatic hydroxyl groups is 1. The number of hydrogen-bond acceptors (Lipinski definition) is 4. The van der Waals surface area contributed by atoms with Crippen molar-refractivity contribution in [2.75, 3.05) is 14.2 Å². The minimum absolute atomic E-state index is 0.0422. The number of methoxy groups -OCH3 is 2. The van der Waals surface area contributed by atoms with E-state index in [-0.39, 0.29) is 11.5 Å². The quantitative estimate of drug-likeness (QED) is 0.656. The van der Waals surface area contributed by atoms with Crippen LogP contribution in [0.25, 0.3) is 6.08 Å². The van der Waals surface area contributed by atoms with Crippen LogP contribution in [0.1, 0.15) is 39.9 Å². The van der Waals surface area contributed by atoms with E-state index in [1.807, 2.05) is 12.1 Å². The van der Waals surface area contributed by atoms with E-state index < -0.39 is 0 Å². The number of hydrogen-bond donors (Lipinski definition) is 1. The molecular weight excluding hydrogens is 316 g/mol. The summed E-state index contributed by atoms with van der Waals surface area (Å²) in [6.45, 7) is 0. The number of carbonyl (C=O) groups excluding carboxylic acids is 1. The molecule has 0 aromatic heterocycles. The number of fused-ring (bicyclic) bond motifs is 1. The minimum atomic E-state index is -0.0526. The second kappa shape index (κ2) is 7.43. The fraction of sp³-hybridized carbons (Fsp3) is 0.286. The van der Waals surface area contributed by atoms with Crippen molar-refractivity contribution in [2.24, 2.45) is 0 Å². The molecule has 3 rings (SSSR count). The Morgan fingerprint density at radius 1 is 1.00 bits per heavy atom. The number of benzene rings is 2. The smallest absolute Gasteiger partial charge is 0.200 e. The number of ketones is 1. The topological polar surface area (TPSA) is 55.8 Å². The maximum absolute atomic E-state index is 12.5. The fourth-order valence-corrected chi connectivity index (χ4v) is 3.16. The highest BCUT2D eigenvalue weighted by Gasteiger charge is 2.12.